The number of nitrogens with zero attached hydrogens (tertiary/aromatic N) is 2. The highest BCUT2D eigenvalue weighted by molar-refractivity contribution is 5.23. The smallest absolute Gasteiger partial charge is 0.0900 e. The van der Waals surface area contributed by atoms with Crippen LogP contribution >= 0.6 is 0 Å². The Bertz CT molecular complexity index is 450. The molecule has 3 rings (SSSR count). The van der Waals surface area contributed by atoms with E-state index in [-0.39, 0.29) is 6.04 Å². The predicted octanol–water partition coefficient (Wildman–Crippen LogP) is 2.59. The van der Waals surface area contributed by atoms with Crippen LogP contribution in [0.3, 0.4) is 0 Å². The average molecular weight is 306 g/mol. The number of ether oxygens (including phenoxy) is 1. The van der Waals surface area contributed by atoms with Crippen LogP contribution in [0.15, 0.2) is 11.6 Å². The highest BCUT2D eigenvalue weighted by atomic mass is 16.5. The summed E-state index contributed by atoms with van der Waals surface area (Å²) in [5, 5.41) is 18.9. The lowest BCUT2D eigenvalue weighted by Gasteiger charge is -2.56. The second-order valence-corrected chi connectivity index (χ2v) is 7.67. The van der Waals surface area contributed by atoms with Crippen LogP contribution in [0, 0.1) is 28.6 Å². The molecule has 0 heterocycles. The van der Waals surface area contributed by atoms with E-state index in [1.165, 1.54) is 18.4 Å². The second-order valence-electron chi connectivity index (χ2n) is 7.67. The topological polar surface area (TPSA) is 56.5 Å². The van der Waals surface area contributed by atoms with Gasteiger partial charge in [-0.15, -0.1) is 0 Å². The molecule has 0 aromatic heterocycles. The normalized spacial score (nSPS) is 27.3. The number of rotatable bonds is 8. The van der Waals surface area contributed by atoms with Gasteiger partial charge in [-0.2, -0.15) is 5.26 Å². The molecule has 0 aromatic carbocycles. The van der Waals surface area contributed by atoms with Gasteiger partial charge in [0.2, 0.25) is 0 Å². The fourth-order valence-corrected chi connectivity index (χ4v) is 3.83. The van der Waals surface area contributed by atoms with E-state index in [1.54, 1.807) is 0 Å². The lowest BCUT2D eigenvalue weighted by molar-refractivity contribution is -0.0266. The minimum Gasteiger partial charge on any atom is -0.389 e. The molecule has 0 amide bonds. The van der Waals surface area contributed by atoms with Gasteiger partial charge in [-0.25, -0.2) is 0 Å². The fraction of sp³-hybridized carbons (Fsp3) is 0.833. The van der Waals surface area contributed by atoms with Crippen LogP contribution in [0.25, 0.3) is 0 Å². The van der Waals surface area contributed by atoms with Crippen molar-refractivity contribution in [1.29, 1.82) is 5.26 Å². The van der Waals surface area contributed by atoms with Gasteiger partial charge in [0.15, 0.2) is 0 Å². The summed E-state index contributed by atoms with van der Waals surface area (Å²) in [4.78, 5) is 1.97. The van der Waals surface area contributed by atoms with Crippen molar-refractivity contribution in [3.8, 4) is 6.07 Å². The van der Waals surface area contributed by atoms with E-state index < -0.39 is 6.10 Å². The minimum absolute atomic E-state index is 0.253. The predicted molar refractivity (Wildman–Crippen MR) is 87.2 cm³/mol. The maximum Gasteiger partial charge on any atom is 0.0900 e. The first-order valence-electron chi connectivity index (χ1n) is 8.42. The Kier molecular flexibility index (Phi) is 5.65. The zero-order chi connectivity index (χ0) is 16.3. The molecule has 1 fully saturated rings. The van der Waals surface area contributed by atoms with Crippen molar-refractivity contribution in [2.45, 2.75) is 52.7 Å². The number of aliphatic hydroxyl groups excluding tert-OH is 1. The summed E-state index contributed by atoms with van der Waals surface area (Å²) >= 11 is 0. The number of hydrogen-bond acceptors (Lipinski definition) is 4. The molecule has 3 aliphatic carbocycles. The average Bonchev–Trinajstić information content (AvgIpc) is 2.46. The van der Waals surface area contributed by atoms with Crippen LogP contribution < -0.4 is 0 Å². The van der Waals surface area contributed by atoms with Gasteiger partial charge < -0.3 is 9.84 Å². The molecule has 2 bridgehead atoms. The minimum atomic E-state index is -0.540. The van der Waals surface area contributed by atoms with Crippen LogP contribution in [0.1, 0.15) is 40.5 Å². The van der Waals surface area contributed by atoms with Crippen LogP contribution in [0.4, 0.5) is 0 Å². The van der Waals surface area contributed by atoms with Crippen LogP contribution in [0.5, 0.6) is 0 Å². The molecule has 4 nitrogen and oxygen atoms in total. The number of nitriles is 1. The van der Waals surface area contributed by atoms with E-state index in [2.05, 4.69) is 26.0 Å². The van der Waals surface area contributed by atoms with Gasteiger partial charge in [0, 0.05) is 12.6 Å². The molecule has 3 aliphatic rings. The largest absolute Gasteiger partial charge is 0.389 e. The molecule has 22 heavy (non-hydrogen) atoms. The van der Waals surface area contributed by atoms with Gasteiger partial charge in [-0.1, -0.05) is 19.9 Å². The number of hydrogen-bond donors (Lipinski definition) is 1. The Morgan fingerprint density at radius 1 is 1.50 bits per heavy atom. The standard InChI is InChI=1S/C18H30N2O2/c1-13(2)20(8-7-19)10-16(21)12-22-11-14-5-6-15-9-17(14)18(15,3)4/h5,13,15-17,21H,6,8-12H2,1-4H3. The summed E-state index contributed by atoms with van der Waals surface area (Å²) in [6.45, 7) is 10.6. The lowest BCUT2D eigenvalue weighted by Crippen LogP contribution is -2.48. The summed E-state index contributed by atoms with van der Waals surface area (Å²) in [5.41, 5.74) is 1.84. The second kappa shape index (κ2) is 7.12. The molecule has 0 aromatic rings. The summed E-state index contributed by atoms with van der Waals surface area (Å²) < 4.78 is 5.75. The van der Waals surface area contributed by atoms with Gasteiger partial charge >= 0.3 is 0 Å². The molecule has 1 N–H and O–H groups in total. The van der Waals surface area contributed by atoms with Crippen molar-refractivity contribution < 1.29 is 9.84 Å². The van der Waals surface area contributed by atoms with E-state index in [0.29, 0.717) is 37.6 Å². The molecule has 0 aliphatic heterocycles. The molecule has 0 spiro atoms. The molecule has 0 saturated heterocycles. The summed E-state index contributed by atoms with van der Waals surface area (Å²) in [6, 6.07) is 2.40. The van der Waals surface area contributed by atoms with Gasteiger partial charge in [0.1, 0.15) is 0 Å². The third-order valence-electron chi connectivity index (χ3n) is 5.61. The quantitative estimate of drug-likeness (QED) is 0.553. The van der Waals surface area contributed by atoms with E-state index >= 15 is 0 Å². The first-order chi connectivity index (χ1) is 10.4. The van der Waals surface area contributed by atoms with E-state index in [1.807, 2.05) is 18.7 Å². The first-order valence-corrected chi connectivity index (χ1v) is 8.42. The Labute approximate surface area is 134 Å². The third kappa shape index (κ3) is 3.71. The van der Waals surface area contributed by atoms with E-state index in [0.717, 1.165) is 5.92 Å². The highest BCUT2D eigenvalue weighted by Crippen LogP contribution is 2.59. The summed E-state index contributed by atoms with van der Waals surface area (Å²) in [5.74, 6) is 1.51. The first kappa shape index (κ1) is 17.5. The molecule has 1 saturated carbocycles. The van der Waals surface area contributed by atoms with Crippen LogP contribution in [0.2, 0.25) is 0 Å². The van der Waals surface area contributed by atoms with Gasteiger partial charge in [0.05, 0.1) is 31.9 Å². The van der Waals surface area contributed by atoms with Crippen LogP contribution in [-0.4, -0.2) is 48.5 Å². The number of aliphatic hydroxyl groups is 1. The fourth-order valence-electron chi connectivity index (χ4n) is 3.83. The third-order valence-corrected chi connectivity index (χ3v) is 5.61. The molecule has 0 radical (unpaired) electrons. The van der Waals surface area contributed by atoms with Gasteiger partial charge in [-0.3, -0.25) is 4.90 Å². The maximum atomic E-state index is 10.1. The van der Waals surface area contributed by atoms with Crippen molar-refractivity contribution in [1.82, 2.24) is 4.90 Å². The monoisotopic (exact) mass is 306 g/mol. The maximum absolute atomic E-state index is 10.1. The molecule has 124 valence electrons. The molecular formula is C18H30N2O2. The summed E-state index contributed by atoms with van der Waals surface area (Å²) in [6.07, 6.45) is 4.27. The zero-order valence-corrected chi connectivity index (χ0v) is 14.4. The summed E-state index contributed by atoms with van der Waals surface area (Å²) in [7, 11) is 0. The van der Waals surface area contributed by atoms with Crippen molar-refractivity contribution in [2.24, 2.45) is 17.3 Å². The van der Waals surface area contributed by atoms with Crippen molar-refractivity contribution in [3.63, 3.8) is 0 Å². The van der Waals surface area contributed by atoms with E-state index in [9.17, 15) is 5.11 Å². The zero-order valence-electron chi connectivity index (χ0n) is 14.4. The Hall–Kier alpha value is -0.890. The van der Waals surface area contributed by atoms with Crippen LogP contribution in [-0.2, 0) is 4.74 Å². The van der Waals surface area contributed by atoms with Gasteiger partial charge in [-0.05, 0) is 49.5 Å². The van der Waals surface area contributed by atoms with Crippen molar-refractivity contribution in [2.75, 3.05) is 26.3 Å². The molecule has 4 heteroatoms. The number of allylic oxidation sites excluding steroid dienone is 1. The Balaban J connectivity index is 1.72. The lowest BCUT2D eigenvalue weighted by atomic mass is 9.49. The number of fused-ring (bicyclic) bond motifs is 1. The molecular weight excluding hydrogens is 276 g/mol. The van der Waals surface area contributed by atoms with Crippen molar-refractivity contribution >= 4 is 0 Å². The van der Waals surface area contributed by atoms with Gasteiger partial charge in [0.25, 0.3) is 0 Å². The van der Waals surface area contributed by atoms with Crippen molar-refractivity contribution in [3.05, 3.63) is 11.6 Å². The molecule has 3 atom stereocenters. The SMILES string of the molecule is CC(C)N(CC#N)CC(O)COCC1=CCC2CC1C2(C)C. The Morgan fingerprint density at radius 3 is 2.77 bits per heavy atom. The molecule has 3 unspecified atom stereocenters. The van der Waals surface area contributed by atoms with E-state index in [4.69, 9.17) is 10.00 Å². The highest BCUT2D eigenvalue weighted by Gasteiger charge is 2.50. The Morgan fingerprint density at radius 2 is 2.23 bits per heavy atom.